The van der Waals surface area contributed by atoms with Gasteiger partial charge in [-0.2, -0.15) is 0 Å². The Kier molecular flexibility index (Phi) is 7.74. The summed E-state index contributed by atoms with van der Waals surface area (Å²) < 4.78 is 2.38. The highest BCUT2D eigenvalue weighted by Gasteiger charge is 2.46. The van der Waals surface area contributed by atoms with E-state index in [-0.39, 0.29) is 0 Å². The summed E-state index contributed by atoms with van der Waals surface area (Å²) in [4.78, 5) is 10.1. The highest BCUT2D eigenvalue weighted by atomic mass is 15.4. The number of nitrogens with zero attached hydrogens (tertiary/aromatic N) is 4. The predicted octanol–water partition coefficient (Wildman–Crippen LogP) is 13.1. The summed E-state index contributed by atoms with van der Waals surface area (Å²) in [5, 5.41) is 2.43. The Morgan fingerprint density at radius 3 is 1.95 bits per heavy atom. The largest absolute Gasteiger partial charge is 0.349 e. The zero-order valence-corrected chi connectivity index (χ0v) is 33.3. The second-order valence-electron chi connectivity index (χ2n) is 16.3. The molecule has 7 aromatic carbocycles. The first-order valence-corrected chi connectivity index (χ1v) is 20.4. The molecule has 58 heavy (non-hydrogen) atoms. The van der Waals surface area contributed by atoms with Crippen molar-refractivity contribution in [1.82, 2.24) is 9.55 Å². The Hall–Kier alpha value is -6.91. The summed E-state index contributed by atoms with van der Waals surface area (Å²) in [6.45, 7) is 9.76. The molecule has 0 N–H and O–H groups in total. The number of benzene rings is 7. The van der Waals surface area contributed by atoms with Crippen LogP contribution in [0.3, 0.4) is 0 Å². The molecule has 4 nitrogen and oxygen atoms in total. The highest BCUT2D eigenvalue weighted by Crippen LogP contribution is 2.57. The zero-order chi connectivity index (χ0) is 39.1. The van der Waals surface area contributed by atoms with Gasteiger partial charge in [0.25, 0.3) is 0 Å². The van der Waals surface area contributed by atoms with E-state index < -0.39 is 5.41 Å². The highest BCUT2D eigenvalue weighted by molar-refractivity contribution is 6.09. The standard InChI is InChI=1S/C54H44N4/c1-35(2)56-34-57(50-26-12-11-25-49(50)56)41-18-14-17-39(32-41)54(46-22-8-5-19-42(46)43-20-6-9-23-47(43)54)40-27-28-45-44-21-7-10-24-48(44)58(51(45)33-40)52-31-38(29-30-55-52)53-36(3)15-13-16-37(53)4/h5-33,35H,34H2,1-4H3. The van der Waals surface area contributed by atoms with Crippen LogP contribution in [0, 0.1) is 13.8 Å². The fraction of sp³-hybridized carbons (Fsp3) is 0.130. The average Bonchev–Trinajstić information content (AvgIpc) is 3.91. The van der Waals surface area contributed by atoms with Crippen molar-refractivity contribution in [3.8, 4) is 28.1 Å². The maximum absolute atomic E-state index is 5.09. The second-order valence-corrected chi connectivity index (χ2v) is 16.3. The number of pyridine rings is 1. The van der Waals surface area contributed by atoms with Crippen LogP contribution in [-0.2, 0) is 5.41 Å². The summed E-state index contributed by atoms with van der Waals surface area (Å²) >= 11 is 0. The fourth-order valence-corrected chi connectivity index (χ4v) is 10.2. The van der Waals surface area contributed by atoms with Gasteiger partial charge >= 0.3 is 0 Å². The third-order valence-corrected chi connectivity index (χ3v) is 12.8. The van der Waals surface area contributed by atoms with Crippen molar-refractivity contribution in [2.75, 3.05) is 16.5 Å². The average molecular weight is 749 g/mol. The van der Waals surface area contributed by atoms with Crippen molar-refractivity contribution >= 4 is 38.9 Å². The third-order valence-electron chi connectivity index (χ3n) is 12.8. The molecule has 9 aromatic rings. The van der Waals surface area contributed by atoms with Crippen LogP contribution in [0.25, 0.3) is 49.9 Å². The lowest BCUT2D eigenvalue weighted by Crippen LogP contribution is -2.33. The molecule has 0 amide bonds. The van der Waals surface area contributed by atoms with E-state index in [2.05, 4.69) is 212 Å². The number of hydrogen-bond acceptors (Lipinski definition) is 3. The summed E-state index contributed by atoms with van der Waals surface area (Å²) in [7, 11) is 0. The first kappa shape index (κ1) is 34.3. The summed E-state index contributed by atoms with van der Waals surface area (Å²) in [5.41, 5.74) is 18.0. The van der Waals surface area contributed by atoms with Crippen molar-refractivity contribution in [1.29, 1.82) is 0 Å². The molecule has 0 unspecified atom stereocenters. The Bertz CT molecular complexity index is 3010. The molecule has 0 fully saturated rings. The Morgan fingerprint density at radius 1 is 0.552 bits per heavy atom. The van der Waals surface area contributed by atoms with Crippen molar-refractivity contribution in [3.05, 3.63) is 209 Å². The lowest BCUT2D eigenvalue weighted by Gasteiger charge is -2.35. The summed E-state index contributed by atoms with van der Waals surface area (Å²) in [6, 6.07) is 63.5. The molecule has 0 atom stereocenters. The van der Waals surface area contributed by atoms with Crippen molar-refractivity contribution < 1.29 is 0 Å². The van der Waals surface area contributed by atoms with Crippen LogP contribution in [0.15, 0.2) is 176 Å². The van der Waals surface area contributed by atoms with E-state index in [0.29, 0.717) is 6.04 Å². The molecule has 4 heteroatoms. The van der Waals surface area contributed by atoms with Gasteiger partial charge in [-0.25, -0.2) is 4.98 Å². The minimum Gasteiger partial charge on any atom is -0.349 e. The second kappa shape index (κ2) is 13.1. The molecule has 0 spiro atoms. The van der Waals surface area contributed by atoms with E-state index in [0.717, 1.165) is 23.5 Å². The maximum atomic E-state index is 5.09. The molecule has 2 aromatic heterocycles. The number of para-hydroxylation sites is 3. The van der Waals surface area contributed by atoms with Gasteiger partial charge in [0.15, 0.2) is 0 Å². The molecule has 0 radical (unpaired) electrons. The molecule has 11 rings (SSSR count). The molecule has 0 saturated carbocycles. The molecular formula is C54H44N4. The Balaban J connectivity index is 1.18. The zero-order valence-electron chi connectivity index (χ0n) is 33.3. The minimum absolute atomic E-state index is 0.378. The monoisotopic (exact) mass is 748 g/mol. The van der Waals surface area contributed by atoms with Crippen LogP contribution >= 0.6 is 0 Å². The summed E-state index contributed by atoms with van der Waals surface area (Å²) in [5.74, 6) is 0.911. The van der Waals surface area contributed by atoms with E-state index in [1.54, 1.807) is 0 Å². The van der Waals surface area contributed by atoms with Crippen LogP contribution in [0.1, 0.15) is 47.2 Å². The Labute approximate surface area is 340 Å². The number of aromatic nitrogens is 2. The number of aryl methyl sites for hydroxylation is 2. The van der Waals surface area contributed by atoms with Gasteiger partial charge in [-0.1, -0.05) is 121 Å². The molecule has 280 valence electrons. The SMILES string of the molecule is Cc1cccc(C)c1-c1ccnc(-n2c3ccccc3c3ccc(C4(c5cccc(N6CN(C(C)C)c7ccccc76)c5)c5ccccc5-c5ccccc54)cc32)c1. The van der Waals surface area contributed by atoms with Gasteiger partial charge in [0, 0.05) is 28.7 Å². The van der Waals surface area contributed by atoms with E-state index in [9.17, 15) is 0 Å². The van der Waals surface area contributed by atoms with Gasteiger partial charge in [0.05, 0.1) is 34.5 Å². The normalized spacial score (nSPS) is 14.0. The van der Waals surface area contributed by atoms with Crippen LogP contribution in [0.5, 0.6) is 0 Å². The molecular weight excluding hydrogens is 705 g/mol. The van der Waals surface area contributed by atoms with E-state index in [1.807, 2.05) is 6.20 Å². The quantitative estimate of drug-likeness (QED) is 0.169. The van der Waals surface area contributed by atoms with Gasteiger partial charge in [0.2, 0.25) is 0 Å². The van der Waals surface area contributed by atoms with E-state index in [4.69, 9.17) is 4.98 Å². The van der Waals surface area contributed by atoms with Crippen LogP contribution in [0.2, 0.25) is 0 Å². The minimum atomic E-state index is -0.580. The summed E-state index contributed by atoms with van der Waals surface area (Å²) in [6.07, 6.45) is 1.97. The molecule has 1 aliphatic heterocycles. The molecule has 3 heterocycles. The van der Waals surface area contributed by atoms with E-state index >= 15 is 0 Å². The predicted molar refractivity (Wildman–Crippen MR) is 242 cm³/mol. The molecule has 2 aliphatic rings. The van der Waals surface area contributed by atoms with Gasteiger partial charge < -0.3 is 9.80 Å². The molecule has 1 aliphatic carbocycles. The van der Waals surface area contributed by atoms with Crippen molar-refractivity contribution in [2.24, 2.45) is 0 Å². The third kappa shape index (κ3) is 4.91. The lowest BCUT2D eigenvalue weighted by atomic mass is 9.67. The number of hydrogen-bond donors (Lipinski definition) is 0. The van der Waals surface area contributed by atoms with Gasteiger partial charge in [-0.05, 0) is 132 Å². The number of rotatable bonds is 6. The fourth-order valence-electron chi connectivity index (χ4n) is 10.2. The molecule has 0 bridgehead atoms. The molecule has 0 saturated heterocycles. The maximum Gasteiger partial charge on any atom is 0.138 e. The van der Waals surface area contributed by atoms with Crippen molar-refractivity contribution in [3.63, 3.8) is 0 Å². The number of fused-ring (bicyclic) bond motifs is 7. The van der Waals surface area contributed by atoms with Gasteiger partial charge in [-0.15, -0.1) is 0 Å². The van der Waals surface area contributed by atoms with E-state index in [1.165, 1.54) is 83.5 Å². The lowest BCUT2D eigenvalue weighted by molar-refractivity contribution is 0.708. The first-order chi connectivity index (χ1) is 28.4. The number of anilines is 3. The first-order valence-electron chi connectivity index (χ1n) is 20.4. The van der Waals surface area contributed by atoms with Crippen LogP contribution in [-0.4, -0.2) is 22.3 Å². The van der Waals surface area contributed by atoms with Gasteiger partial charge in [-0.3, -0.25) is 4.57 Å². The van der Waals surface area contributed by atoms with Gasteiger partial charge in [0.1, 0.15) is 5.82 Å². The van der Waals surface area contributed by atoms with Crippen LogP contribution in [0.4, 0.5) is 17.1 Å². The van der Waals surface area contributed by atoms with Crippen LogP contribution < -0.4 is 9.80 Å². The topological polar surface area (TPSA) is 24.3 Å². The van der Waals surface area contributed by atoms with Crippen molar-refractivity contribution in [2.45, 2.75) is 39.2 Å². The smallest absolute Gasteiger partial charge is 0.138 e. The Morgan fingerprint density at radius 2 is 1.19 bits per heavy atom.